The monoisotopic (exact) mass is 273 g/mol. The van der Waals surface area contributed by atoms with Gasteiger partial charge in [-0.1, -0.05) is 0 Å². The summed E-state index contributed by atoms with van der Waals surface area (Å²) in [7, 11) is 0. The molecule has 0 radical (unpaired) electrons. The molecule has 1 aromatic rings. The average Bonchev–Trinajstić information content (AvgIpc) is 2.40. The third kappa shape index (κ3) is 3.37. The molecule has 0 spiro atoms. The number of alkyl halides is 3. The number of anilines is 1. The Kier molecular flexibility index (Phi) is 4.29. The summed E-state index contributed by atoms with van der Waals surface area (Å²) < 4.78 is 38.2. The average molecular weight is 273 g/mol. The van der Waals surface area contributed by atoms with Crippen LogP contribution < -0.4 is 10.2 Å². The highest BCUT2D eigenvalue weighted by Gasteiger charge is 2.31. The summed E-state index contributed by atoms with van der Waals surface area (Å²) in [5, 5.41) is 3.27. The number of hydrogen-bond acceptors (Lipinski definition) is 3. The SMILES string of the molecule is CCN(c1cc(C(F)(F)F)ccn1)C1CCCNC1. The van der Waals surface area contributed by atoms with Crippen LogP contribution in [-0.4, -0.2) is 30.7 Å². The molecular weight excluding hydrogens is 255 g/mol. The molecule has 1 aliphatic heterocycles. The van der Waals surface area contributed by atoms with Crippen LogP contribution in [0.4, 0.5) is 19.0 Å². The van der Waals surface area contributed by atoms with Crippen molar-refractivity contribution in [3.63, 3.8) is 0 Å². The Morgan fingerprint density at radius 3 is 2.84 bits per heavy atom. The zero-order chi connectivity index (χ0) is 13.9. The minimum Gasteiger partial charge on any atom is -0.353 e. The van der Waals surface area contributed by atoms with Gasteiger partial charge in [-0.25, -0.2) is 4.98 Å². The second-order valence-corrected chi connectivity index (χ2v) is 4.69. The third-order valence-corrected chi connectivity index (χ3v) is 3.42. The minimum atomic E-state index is -4.32. The molecule has 1 aromatic heterocycles. The van der Waals surface area contributed by atoms with E-state index in [0.717, 1.165) is 38.1 Å². The van der Waals surface area contributed by atoms with Gasteiger partial charge >= 0.3 is 6.18 Å². The van der Waals surface area contributed by atoms with Gasteiger partial charge in [-0.2, -0.15) is 13.2 Å². The van der Waals surface area contributed by atoms with E-state index in [1.165, 1.54) is 6.20 Å². The Morgan fingerprint density at radius 1 is 1.47 bits per heavy atom. The van der Waals surface area contributed by atoms with Gasteiger partial charge < -0.3 is 10.2 Å². The van der Waals surface area contributed by atoms with Crippen LogP contribution in [0.3, 0.4) is 0 Å². The van der Waals surface area contributed by atoms with Gasteiger partial charge in [0.1, 0.15) is 5.82 Å². The quantitative estimate of drug-likeness (QED) is 0.917. The number of pyridine rings is 1. The normalized spacial score (nSPS) is 20.3. The van der Waals surface area contributed by atoms with Gasteiger partial charge in [-0.05, 0) is 38.4 Å². The molecule has 1 N–H and O–H groups in total. The maximum absolute atomic E-state index is 12.7. The van der Waals surface area contributed by atoms with Crippen molar-refractivity contribution in [1.29, 1.82) is 0 Å². The van der Waals surface area contributed by atoms with Crippen LogP contribution in [0.1, 0.15) is 25.3 Å². The second-order valence-electron chi connectivity index (χ2n) is 4.69. The first-order chi connectivity index (χ1) is 9.02. The van der Waals surface area contributed by atoms with Gasteiger partial charge in [0.2, 0.25) is 0 Å². The van der Waals surface area contributed by atoms with Crippen molar-refractivity contribution in [1.82, 2.24) is 10.3 Å². The highest BCUT2D eigenvalue weighted by molar-refractivity contribution is 5.43. The Balaban J connectivity index is 2.22. The van der Waals surface area contributed by atoms with Crippen molar-refractivity contribution in [3.05, 3.63) is 23.9 Å². The van der Waals surface area contributed by atoms with Crippen LogP contribution in [0.25, 0.3) is 0 Å². The lowest BCUT2D eigenvalue weighted by Crippen LogP contribution is -2.46. The molecule has 106 valence electrons. The number of aromatic nitrogens is 1. The van der Waals surface area contributed by atoms with E-state index in [2.05, 4.69) is 10.3 Å². The molecule has 0 amide bonds. The Hall–Kier alpha value is -1.30. The topological polar surface area (TPSA) is 28.2 Å². The first-order valence-electron chi connectivity index (χ1n) is 6.53. The van der Waals surface area contributed by atoms with Crippen molar-refractivity contribution < 1.29 is 13.2 Å². The van der Waals surface area contributed by atoms with Gasteiger partial charge in [0.05, 0.1) is 5.56 Å². The van der Waals surface area contributed by atoms with Crippen LogP contribution in [0, 0.1) is 0 Å². The van der Waals surface area contributed by atoms with Crippen LogP contribution in [-0.2, 0) is 6.18 Å². The highest BCUT2D eigenvalue weighted by atomic mass is 19.4. The molecule has 0 saturated carbocycles. The predicted octanol–water partition coefficient (Wildman–Crippen LogP) is 2.68. The number of piperidine rings is 1. The number of nitrogens with one attached hydrogen (secondary N) is 1. The first kappa shape index (κ1) is 14.1. The van der Waals surface area contributed by atoms with Gasteiger partial charge in [-0.3, -0.25) is 0 Å². The summed E-state index contributed by atoms with van der Waals surface area (Å²) in [6.07, 6.45) is -1.06. The molecule has 1 atom stereocenters. The lowest BCUT2D eigenvalue weighted by atomic mass is 10.1. The van der Waals surface area contributed by atoms with E-state index >= 15 is 0 Å². The first-order valence-corrected chi connectivity index (χ1v) is 6.53. The molecule has 0 bridgehead atoms. The number of halogens is 3. The molecule has 6 heteroatoms. The van der Waals surface area contributed by atoms with Crippen LogP contribution in [0.15, 0.2) is 18.3 Å². The molecular formula is C13H18F3N3. The third-order valence-electron chi connectivity index (χ3n) is 3.42. The number of nitrogens with zero attached hydrogens (tertiary/aromatic N) is 2. The van der Waals surface area contributed by atoms with Crippen LogP contribution >= 0.6 is 0 Å². The Bertz CT molecular complexity index is 414. The molecule has 1 fully saturated rings. The van der Waals surface area contributed by atoms with Gasteiger partial charge in [0, 0.05) is 25.3 Å². The highest BCUT2D eigenvalue weighted by Crippen LogP contribution is 2.31. The van der Waals surface area contributed by atoms with E-state index < -0.39 is 11.7 Å². The second kappa shape index (κ2) is 5.77. The number of rotatable bonds is 3. The number of hydrogen-bond donors (Lipinski definition) is 1. The Morgan fingerprint density at radius 2 is 2.26 bits per heavy atom. The summed E-state index contributed by atoms with van der Waals surface area (Å²) in [4.78, 5) is 6.04. The van der Waals surface area contributed by atoms with E-state index in [0.29, 0.717) is 12.4 Å². The minimum absolute atomic E-state index is 0.217. The summed E-state index contributed by atoms with van der Waals surface area (Å²) in [6, 6.07) is 2.36. The van der Waals surface area contributed by atoms with Crippen LogP contribution in [0.2, 0.25) is 0 Å². The molecule has 1 unspecified atom stereocenters. The fourth-order valence-electron chi connectivity index (χ4n) is 2.46. The molecule has 0 aliphatic carbocycles. The maximum Gasteiger partial charge on any atom is 0.416 e. The maximum atomic E-state index is 12.7. The smallest absolute Gasteiger partial charge is 0.353 e. The molecule has 2 heterocycles. The largest absolute Gasteiger partial charge is 0.416 e. The molecule has 3 nitrogen and oxygen atoms in total. The summed E-state index contributed by atoms with van der Waals surface area (Å²) in [6.45, 7) is 4.37. The zero-order valence-electron chi connectivity index (χ0n) is 10.9. The van der Waals surface area contributed by atoms with E-state index in [4.69, 9.17) is 0 Å². The van der Waals surface area contributed by atoms with Crippen molar-refractivity contribution >= 4 is 5.82 Å². The standard InChI is InChI=1S/C13H18F3N3/c1-2-19(11-4-3-6-17-9-11)12-8-10(5-7-18-12)13(14,15)16/h5,7-8,11,17H,2-4,6,9H2,1H3. The Labute approximate surface area is 110 Å². The van der Waals surface area contributed by atoms with Gasteiger partial charge in [0.25, 0.3) is 0 Å². The van der Waals surface area contributed by atoms with Crippen molar-refractivity contribution in [2.75, 3.05) is 24.5 Å². The molecule has 1 saturated heterocycles. The lowest BCUT2D eigenvalue weighted by molar-refractivity contribution is -0.137. The van der Waals surface area contributed by atoms with Gasteiger partial charge in [0.15, 0.2) is 0 Å². The molecule has 0 aromatic carbocycles. The molecule has 19 heavy (non-hydrogen) atoms. The van der Waals surface area contributed by atoms with E-state index in [9.17, 15) is 13.2 Å². The predicted molar refractivity (Wildman–Crippen MR) is 68.2 cm³/mol. The van der Waals surface area contributed by atoms with Gasteiger partial charge in [-0.15, -0.1) is 0 Å². The fourth-order valence-corrected chi connectivity index (χ4v) is 2.46. The van der Waals surface area contributed by atoms with E-state index in [-0.39, 0.29) is 6.04 Å². The van der Waals surface area contributed by atoms with Crippen molar-refractivity contribution in [3.8, 4) is 0 Å². The summed E-state index contributed by atoms with van der Waals surface area (Å²) in [5.74, 6) is 0.408. The molecule has 2 rings (SSSR count). The summed E-state index contributed by atoms with van der Waals surface area (Å²) >= 11 is 0. The lowest BCUT2D eigenvalue weighted by Gasteiger charge is -2.35. The van der Waals surface area contributed by atoms with Crippen LogP contribution in [0.5, 0.6) is 0 Å². The summed E-state index contributed by atoms with van der Waals surface area (Å²) in [5.41, 5.74) is -0.639. The molecule has 1 aliphatic rings. The number of likely N-dealkylation sites (N-methyl/N-ethyl adjacent to an activating group) is 1. The fraction of sp³-hybridized carbons (Fsp3) is 0.615. The van der Waals surface area contributed by atoms with E-state index in [1.54, 1.807) is 0 Å². The van der Waals surface area contributed by atoms with Crippen molar-refractivity contribution in [2.45, 2.75) is 32.0 Å². The zero-order valence-corrected chi connectivity index (χ0v) is 10.9. The van der Waals surface area contributed by atoms with Crippen molar-refractivity contribution in [2.24, 2.45) is 0 Å². The van der Waals surface area contributed by atoms with E-state index in [1.807, 2.05) is 11.8 Å².